The summed E-state index contributed by atoms with van der Waals surface area (Å²) in [5.41, 5.74) is 1.10. The summed E-state index contributed by atoms with van der Waals surface area (Å²) in [6, 6.07) is 16.9. The van der Waals surface area contributed by atoms with Crippen molar-refractivity contribution in [3.8, 4) is 11.5 Å². The topological polar surface area (TPSA) is 117 Å². The number of ether oxygens (including phenoxy) is 3. The predicted octanol–water partition coefficient (Wildman–Crippen LogP) is 5.21. The molecule has 0 saturated carbocycles. The molecule has 0 bridgehead atoms. The molecule has 0 saturated heterocycles. The number of halogens is 1. The molecule has 9 nitrogen and oxygen atoms in total. The number of esters is 2. The standard InChI is InChI=1S/C25H17ClN2O7/c1-2-33-21-14-15(12-19(26)22(21)34-24(29)17-6-4-3-5-7-17)13-20-25(30)35-23(27-20)16-8-10-18(11-9-16)28(31)32/h3-14H,2H2,1H3/b20-13-. The summed E-state index contributed by atoms with van der Waals surface area (Å²) in [4.78, 5) is 39.3. The Morgan fingerprint density at radius 1 is 1.14 bits per heavy atom. The molecule has 1 aliphatic rings. The van der Waals surface area contributed by atoms with E-state index in [0.717, 1.165) is 0 Å². The molecule has 0 N–H and O–H groups in total. The molecule has 1 aliphatic heterocycles. The number of nitro benzene ring substituents is 1. The molecule has 35 heavy (non-hydrogen) atoms. The molecule has 3 aromatic carbocycles. The van der Waals surface area contributed by atoms with Crippen molar-refractivity contribution in [3.63, 3.8) is 0 Å². The number of rotatable bonds is 7. The van der Waals surface area contributed by atoms with Gasteiger partial charge >= 0.3 is 11.9 Å². The van der Waals surface area contributed by atoms with E-state index in [-0.39, 0.29) is 40.4 Å². The van der Waals surface area contributed by atoms with E-state index in [9.17, 15) is 19.7 Å². The molecule has 0 radical (unpaired) electrons. The fourth-order valence-corrected chi connectivity index (χ4v) is 3.43. The van der Waals surface area contributed by atoms with Crippen LogP contribution in [0.25, 0.3) is 6.08 Å². The number of nitro groups is 1. The summed E-state index contributed by atoms with van der Waals surface area (Å²) in [6.07, 6.45) is 1.44. The summed E-state index contributed by atoms with van der Waals surface area (Å²) in [5, 5.41) is 10.9. The third-order valence-corrected chi connectivity index (χ3v) is 5.07. The first-order valence-electron chi connectivity index (χ1n) is 10.4. The van der Waals surface area contributed by atoms with Crippen LogP contribution in [0.1, 0.15) is 28.4 Å². The lowest BCUT2D eigenvalue weighted by Gasteiger charge is -2.13. The Hall–Kier alpha value is -4.50. The zero-order valence-corrected chi connectivity index (χ0v) is 19.0. The maximum atomic E-state index is 12.5. The Labute approximate surface area is 204 Å². The maximum Gasteiger partial charge on any atom is 0.363 e. The van der Waals surface area contributed by atoms with Crippen LogP contribution in [0.3, 0.4) is 0 Å². The van der Waals surface area contributed by atoms with Gasteiger partial charge < -0.3 is 14.2 Å². The van der Waals surface area contributed by atoms with Gasteiger partial charge in [0.2, 0.25) is 5.90 Å². The fraction of sp³-hybridized carbons (Fsp3) is 0.0800. The van der Waals surface area contributed by atoms with Gasteiger partial charge in [0.1, 0.15) is 0 Å². The highest BCUT2D eigenvalue weighted by Crippen LogP contribution is 2.38. The summed E-state index contributed by atoms with van der Waals surface area (Å²) < 4.78 is 16.3. The van der Waals surface area contributed by atoms with Crippen LogP contribution in [0, 0.1) is 10.1 Å². The van der Waals surface area contributed by atoms with Crippen LogP contribution in [-0.4, -0.2) is 29.4 Å². The van der Waals surface area contributed by atoms with Gasteiger partial charge in [-0.2, -0.15) is 0 Å². The number of hydrogen-bond donors (Lipinski definition) is 0. The van der Waals surface area contributed by atoms with Crippen LogP contribution >= 0.6 is 11.6 Å². The van der Waals surface area contributed by atoms with Gasteiger partial charge in [-0.25, -0.2) is 14.6 Å². The average molecular weight is 493 g/mol. The first-order chi connectivity index (χ1) is 16.9. The van der Waals surface area contributed by atoms with Crippen molar-refractivity contribution in [2.24, 2.45) is 4.99 Å². The van der Waals surface area contributed by atoms with Crippen LogP contribution in [0.5, 0.6) is 11.5 Å². The van der Waals surface area contributed by atoms with Gasteiger partial charge in [0.25, 0.3) is 5.69 Å². The van der Waals surface area contributed by atoms with Crippen molar-refractivity contribution in [2.45, 2.75) is 6.92 Å². The van der Waals surface area contributed by atoms with Crippen LogP contribution in [0.4, 0.5) is 5.69 Å². The first kappa shape index (κ1) is 23.7. The van der Waals surface area contributed by atoms with Crippen molar-refractivity contribution in [3.05, 3.63) is 104 Å². The fourth-order valence-electron chi connectivity index (χ4n) is 3.18. The minimum atomic E-state index is -0.702. The number of carbonyl (C=O) groups is 2. The molecule has 1 heterocycles. The number of aliphatic imine (C=N–C) groups is 1. The summed E-state index contributed by atoms with van der Waals surface area (Å²) >= 11 is 6.40. The SMILES string of the molecule is CCOc1cc(/C=C2\N=C(c3ccc([N+](=O)[O-])cc3)OC2=O)cc(Cl)c1OC(=O)c1ccccc1. The largest absolute Gasteiger partial charge is 0.490 e. The van der Waals surface area contributed by atoms with Gasteiger partial charge in [0.05, 0.1) is 22.1 Å². The maximum absolute atomic E-state index is 12.5. The van der Waals surface area contributed by atoms with E-state index < -0.39 is 16.9 Å². The molecule has 0 aliphatic carbocycles. The van der Waals surface area contributed by atoms with E-state index in [1.165, 1.54) is 36.4 Å². The van der Waals surface area contributed by atoms with Gasteiger partial charge in [-0.15, -0.1) is 0 Å². The highest BCUT2D eigenvalue weighted by atomic mass is 35.5. The number of hydrogen-bond acceptors (Lipinski definition) is 8. The van der Waals surface area contributed by atoms with E-state index in [4.69, 9.17) is 25.8 Å². The highest BCUT2D eigenvalue weighted by Gasteiger charge is 2.25. The Morgan fingerprint density at radius 3 is 2.51 bits per heavy atom. The molecule has 4 rings (SSSR count). The molecule has 176 valence electrons. The predicted molar refractivity (Wildman–Crippen MR) is 128 cm³/mol. The quantitative estimate of drug-likeness (QED) is 0.146. The zero-order valence-electron chi connectivity index (χ0n) is 18.3. The van der Waals surface area contributed by atoms with Crippen LogP contribution in [0.2, 0.25) is 5.02 Å². The molecule has 10 heteroatoms. The minimum absolute atomic E-state index is 0.00843. The Bertz CT molecular complexity index is 1370. The molecule has 0 aromatic heterocycles. The molecule has 0 amide bonds. The van der Waals surface area contributed by atoms with Gasteiger partial charge in [0.15, 0.2) is 17.2 Å². The average Bonchev–Trinajstić information content (AvgIpc) is 3.22. The number of carbonyl (C=O) groups excluding carboxylic acids is 2. The summed E-state index contributed by atoms with van der Waals surface area (Å²) in [5.74, 6) is -1.03. The van der Waals surface area contributed by atoms with Gasteiger partial charge in [0, 0.05) is 17.7 Å². The Morgan fingerprint density at radius 2 is 1.86 bits per heavy atom. The van der Waals surface area contributed by atoms with E-state index >= 15 is 0 Å². The van der Waals surface area contributed by atoms with Crippen LogP contribution < -0.4 is 9.47 Å². The summed E-state index contributed by atoms with van der Waals surface area (Å²) in [7, 11) is 0. The molecule has 0 spiro atoms. The van der Waals surface area contributed by atoms with Crippen molar-refractivity contribution >= 4 is 41.2 Å². The molecular weight excluding hydrogens is 476 g/mol. The monoisotopic (exact) mass is 492 g/mol. The second kappa shape index (κ2) is 10.2. The van der Waals surface area contributed by atoms with E-state index in [1.807, 2.05) is 0 Å². The smallest absolute Gasteiger partial charge is 0.363 e. The van der Waals surface area contributed by atoms with Crippen LogP contribution in [-0.2, 0) is 9.53 Å². The van der Waals surface area contributed by atoms with Crippen LogP contribution in [0.15, 0.2) is 77.4 Å². The lowest BCUT2D eigenvalue weighted by molar-refractivity contribution is -0.384. The van der Waals surface area contributed by atoms with Crippen molar-refractivity contribution in [1.82, 2.24) is 0 Å². The van der Waals surface area contributed by atoms with Crippen molar-refractivity contribution in [2.75, 3.05) is 6.61 Å². The second-order valence-corrected chi connectivity index (χ2v) is 7.57. The third kappa shape index (κ3) is 5.36. The third-order valence-electron chi connectivity index (χ3n) is 4.78. The Balaban J connectivity index is 1.63. The number of cyclic esters (lactones) is 1. The molecule has 0 fully saturated rings. The molecule has 0 atom stereocenters. The lowest BCUT2D eigenvalue weighted by atomic mass is 10.1. The van der Waals surface area contributed by atoms with E-state index in [2.05, 4.69) is 4.99 Å². The van der Waals surface area contributed by atoms with Gasteiger partial charge in [-0.1, -0.05) is 29.8 Å². The van der Waals surface area contributed by atoms with Gasteiger partial charge in [-0.05, 0) is 55.0 Å². The molecule has 0 unspecified atom stereocenters. The van der Waals surface area contributed by atoms with Gasteiger partial charge in [-0.3, -0.25) is 10.1 Å². The van der Waals surface area contributed by atoms with Crippen molar-refractivity contribution < 1.29 is 28.7 Å². The normalized spacial score (nSPS) is 13.8. The van der Waals surface area contributed by atoms with E-state index in [0.29, 0.717) is 16.7 Å². The number of nitrogens with zero attached hydrogens (tertiary/aromatic N) is 2. The number of benzene rings is 3. The zero-order chi connectivity index (χ0) is 24.9. The van der Waals surface area contributed by atoms with E-state index in [1.54, 1.807) is 43.3 Å². The highest BCUT2D eigenvalue weighted by molar-refractivity contribution is 6.32. The minimum Gasteiger partial charge on any atom is -0.490 e. The second-order valence-electron chi connectivity index (χ2n) is 7.16. The lowest BCUT2D eigenvalue weighted by Crippen LogP contribution is -2.10. The Kier molecular flexibility index (Phi) is 6.88. The summed E-state index contributed by atoms with van der Waals surface area (Å²) in [6.45, 7) is 2.04. The van der Waals surface area contributed by atoms with Crippen molar-refractivity contribution in [1.29, 1.82) is 0 Å². The molecular formula is C25H17ClN2O7. The molecule has 3 aromatic rings. The number of non-ortho nitro benzene ring substituents is 1. The first-order valence-corrected chi connectivity index (χ1v) is 10.7.